The van der Waals surface area contributed by atoms with Gasteiger partial charge in [-0.3, -0.25) is 9.59 Å². The van der Waals surface area contributed by atoms with E-state index < -0.39 is 0 Å². The maximum absolute atomic E-state index is 11.9. The van der Waals surface area contributed by atoms with Crippen molar-refractivity contribution in [3.63, 3.8) is 0 Å². The highest BCUT2D eigenvalue weighted by atomic mass is 16.3. The van der Waals surface area contributed by atoms with Crippen molar-refractivity contribution < 1.29 is 14.7 Å². The average Bonchev–Trinajstić information content (AvgIpc) is 2.38. The molecule has 1 rings (SSSR count). The zero-order valence-electron chi connectivity index (χ0n) is 12.0. The summed E-state index contributed by atoms with van der Waals surface area (Å²) in [4.78, 5) is 23.5. The molecular formula is C15H22N2O3. The number of rotatable bonds is 7. The van der Waals surface area contributed by atoms with E-state index >= 15 is 0 Å². The van der Waals surface area contributed by atoms with Gasteiger partial charge < -0.3 is 15.7 Å². The molecule has 0 bridgehead atoms. The minimum absolute atomic E-state index is 0.0687. The Morgan fingerprint density at radius 1 is 1.25 bits per heavy atom. The van der Waals surface area contributed by atoms with E-state index in [2.05, 4.69) is 10.6 Å². The van der Waals surface area contributed by atoms with E-state index in [0.717, 1.165) is 0 Å². The molecule has 3 N–H and O–H groups in total. The van der Waals surface area contributed by atoms with Crippen LogP contribution in [0.3, 0.4) is 0 Å². The summed E-state index contributed by atoms with van der Waals surface area (Å²) in [5.74, 6) is -0.267. The van der Waals surface area contributed by atoms with E-state index in [1.54, 1.807) is 24.3 Å². The summed E-state index contributed by atoms with van der Waals surface area (Å²) in [6, 6.07) is 6.91. The van der Waals surface area contributed by atoms with Crippen LogP contribution in [0.15, 0.2) is 24.3 Å². The molecular weight excluding hydrogens is 256 g/mol. The van der Waals surface area contributed by atoms with Crippen molar-refractivity contribution in [1.82, 2.24) is 5.32 Å². The summed E-state index contributed by atoms with van der Waals surface area (Å²) < 4.78 is 0. The van der Waals surface area contributed by atoms with Crippen LogP contribution in [0.5, 0.6) is 0 Å². The van der Waals surface area contributed by atoms with Gasteiger partial charge in [-0.25, -0.2) is 0 Å². The first-order valence-electron chi connectivity index (χ1n) is 6.84. The van der Waals surface area contributed by atoms with Crippen LogP contribution < -0.4 is 10.6 Å². The predicted octanol–water partition coefficient (Wildman–Crippen LogP) is 1.93. The molecule has 0 spiro atoms. The van der Waals surface area contributed by atoms with Gasteiger partial charge in [0.1, 0.15) is 0 Å². The topological polar surface area (TPSA) is 78.4 Å². The molecule has 0 fully saturated rings. The van der Waals surface area contributed by atoms with Crippen LogP contribution in [0.4, 0.5) is 5.69 Å². The zero-order valence-corrected chi connectivity index (χ0v) is 12.0. The lowest BCUT2D eigenvalue weighted by molar-refractivity contribution is -0.116. The molecule has 2 amide bonds. The molecule has 110 valence electrons. The van der Waals surface area contributed by atoms with E-state index in [1.807, 2.05) is 13.8 Å². The molecule has 0 aliphatic heterocycles. The lowest BCUT2D eigenvalue weighted by atomic mass is 10.1. The number of unbranched alkanes of at least 4 members (excludes halogenated alkanes) is 1. The van der Waals surface area contributed by atoms with Crippen LogP contribution in [0, 0.1) is 0 Å². The van der Waals surface area contributed by atoms with Crippen molar-refractivity contribution in [1.29, 1.82) is 0 Å². The predicted molar refractivity (Wildman–Crippen MR) is 78.6 cm³/mol. The summed E-state index contributed by atoms with van der Waals surface area (Å²) in [5, 5.41) is 14.2. The zero-order chi connectivity index (χ0) is 15.0. The Kier molecular flexibility index (Phi) is 6.73. The van der Waals surface area contributed by atoms with Gasteiger partial charge in [0.2, 0.25) is 5.91 Å². The molecule has 0 saturated carbocycles. The number of aliphatic hydroxyl groups excluding tert-OH is 1. The number of hydrogen-bond acceptors (Lipinski definition) is 3. The number of anilines is 1. The molecule has 0 aliphatic rings. The number of hydrogen-bond donors (Lipinski definition) is 3. The molecule has 1 aromatic rings. The minimum Gasteiger partial charge on any atom is -0.396 e. The monoisotopic (exact) mass is 278 g/mol. The van der Waals surface area contributed by atoms with Crippen LogP contribution in [0.1, 0.15) is 43.5 Å². The maximum Gasteiger partial charge on any atom is 0.251 e. The highest BCUT2D eigenvalue weighted by molar-refractivity contribution is 5.97. The van der Waals surface area contributed by atoms with Crippen molar-refractivity contribution in [3.8, 4) is 0 Å². The van der Waals surface area contributed by atoms with Crippen molar-refractivity contribution >= 4 is 17.5 Å². The normalized spacial score (nSPS) is 10.4. The number of benzene rings is 1. The van der Waals surface area contributed by atoms with Crippen molar-refractivity contribution in [2.24, 2.45) is 0 Å². The highest BCUT2D eigenvalue weighted by Crippen LogP contribution is 2.11. The summed E-state index contributed by atoms with van der Waals surface area (Å²) in [7, 11) is 0. The minimum atomic E-state index is -0.156. The van der Waals surface area contributed by atoms with Gasteiger partial charge in [-0.15, -0.1) is 0 Å². The molecule has 0 radical (unpaired) electrons. The fraction of sp³-hybridized carbons (Fsp3) is 0.467. The van der Waals surface area contributed by atoms with E-state index in [0.29, 0.717) is 30.5 Å². The third-order valence-electron chi connectivity index (χ3n) is 2.64. The summed E-state index contributed by atoms with van der Waals surface area (Å²) in [6.45, 7) is 3.88. The van der Waals surface area contributed by atoms with Crippen LogP contribution in [-0.2, 0) is 4.79 Å². The Morgan fingerprint density at radius 3 is 2.65 bits per heavy atom. The number of carbonyl (C=O) groups is 2. The van der Waals surface area contributed by atoms with Crippen LogP contribution in [0.2, 0.25) is 0 Å². The Labute approximate surface area is 119 Å². The molecule has 1 aromatic carbocycles. The van der Waals surface area contributed by atoms with E-state index in [-0.39, 0.29) is 24.5 Å². The Hall–Kier alpha value is -1.88. The van der Waals surface area contributed by atoms with Gasteiger partial charge in [0.15, 0.2) is 0 Å². The number of amides is 2. The molecule has 0 aromatic heterocycles. The fourth-order valence-corrected chi connectivity index (χ4v) is 1.70. The highest BCUT2D eigenvalue weighted by Gasteiger charge is 2.08. The molecule has 5 nitrogen and oxygen atoms in total. The van der Waals surface area contributed by atoms with Crippen LogP contribution in [0.25, 0.3) is 0 Å². The second kappa shape index (κ2) is 8.32. The van der Waals surface area contributed by atoms with Crippen LogP contribution in [-0.4, -0.2) is 29.6 Å². The second-order valence-corrected chi connectivity index (χ2v) is 4.94. The molecule has 0 saturated heterocycles. The SMILES string of the molecule is CC(C)NC(=O)c1cccc(NC(=O)CCCCO)c1. The molecule has 0 atom stereocenters. The van der Waals surface area contributed by atoms with Crippen molar-refractivity contribution in [2.45, 2.75) is 39.2 Å². The molecule has 0 aliphatic carbocycles. The number of carbonyl (C=O) groups excluding carboxylic acids is 2. The van der Waals surface area contributed by atoms with Crippen molar-refractivity contribution in [3.05, 3.63) is 29.8 Å². The first-order chi connectivity index (χ1) is 9.52. The first-order valence-corrected chi connectivity index (χ1v) is 6.84. The largest absolute Gasteiger partial charge is 0.396 e. The van der Waals surface area contributed by atoms with Crippen molar-refractivity contribution in [2.75, 3.05) is 11.9 Å². The molecule has 20 heavy (non-hydrogen) atoms. The summed E-state index contributed by atoms with van der Waals surface area (Å²) in [5.41, 5.74) is 1.13. The van der Waals surface area contributed by atoms with Gasteiger partial charge in [-0.2, -0.15) is 0 Å². The van der Waals surface area contributed by atoms with Gasteiger partial charge in [0.25, 0.3) is 5.91 Å². The third-order valence-corrected chi connectivity index (χ3v) is 2.64. The van der Waals surface area contributed by atoms with E-state index in [9.17, 15) is 9.59 Å². The van der Waals surface area contributed by atoms with Gasteiger partial charge in [-0.05, 0) is 44.9 Å². The lowest BCUT2D eigenvalue weighted by Crippen LogP contribution is -2.30. The third kappa shape index (κ3) is 5.84. The fourth-order valence-electron chi connectivity index (χ4n) is 1.70. The quantitative estimate of drug-likeness (QED) is 0.667. The number of aliphatic hydroxyl groups is 1. The average molecular weight is 278 g/mol. The maximum atomic E-state index is 11.9. The van der Waals surface area contributed by atoms with Gasteiger partial charge >= 0.3 is 0 Å². The number of nitrogens with one attached hydrogen (secondary N) is 2. The Bertz CT molecular complexity index is 458. The Balaban J connectivity index is 2.59. The van der Waals surface area contributed by atoms with Gasteiger partial charge in [-0.1, -0.05) is 6.07 Å². The molecule has 0 heterocycles. The van der Waals surface area contributed by atoms with Gasteiger partial charge in [0.05, 0.1) is 0 Å². The first kappa shape index (κ1) is 16.2. The van der Waals surface area contributed by atoms with E-state index in [4.69, 9.17) is 5.11 Å². The van der Waals surface area contributed by atoms with Gasteiger partial charge in [0, 0.05) is 30.3 Å². The molecule has 5 heteroatoms. The Morgan fingerprint density at radius 2 is 2.00 bits per heavy atom. The molecule has 0 unspecified atom stereocenters. The summed E-state index contributed by atoms with van der Waals surface area (Å²) >= 11 is 0. The smallest absolute Gasteiger partial charge is 0.251 e. The van der Waals surface area contributed by atoms with Crippen LogP contribution >= 0.6 is 0 Å². The lowest BCUT2D eigenvalue weighted by Gasteiger charge is -2.10. The summed E-state index contributed by atoms with van der Waals surface area (Å²) in [6.07, 6.45) is 1.63. The standard InChI is InChI=1S/C15H22N2O3/c1-11(2)16-15(20)12-6-5-7-13(10-12)17-14(19)8-3-4-9-18/h5-7,10-11,18H,3-4,8-9H2,1-2H3,(H,16,20)(H,17,19). The second-order valence-electron chi connectivity index (χ2n) is 4.94. The van der Waals surface area contributed by atoms with E-state index in [1.165, 1.54) is 0 Å².